The van der Waals surface area contributed by atoms with Gasteiger partial charge in [0.25, 0.3) is 0 Å². The number of nitrogens with two attached hydrogens (primary N) is 1. The molecule has 0 bridgehead atoms. The summed E-state index contributed by atoms with van der Waals surface area (Å²) in [5.41, 5.74) is 6.23. The highest BCUT2D eigenvalue weighted by molar-refractivity contribution is 5.46. The zero-order valence-corrected chi connectivity index (χ0v) is 10.3. The standard InChI is InChI=1S/C12H14N4O3/c13-6-9-7-16(15-14-9)3-4-17-10-1-2-11-12(5-10)19-8-18-11/h1-2,5,7H,3-4,6,8,13H2. The minimum atomic E-state index is 0.264. The number of nitrogens with zero attached hydrogens (tertiary/aromatic N) is 3. The first-order chi connectivity index (χ1) is 9.35. The molecule has 0 unspecified atom stereocenters. The van der Waals surface area contributed by atoms with Crippen molar-refractivity contribution in [3.05, 3.63) is 30.1 Å². The van der Waals surface area contributed by atoms with Gasteiger partial charge in [0.1, 0.15) is 12.4 Å². The first kappa shape index (κ1) is 11.8. The Kier molecular flexibility index (Phi) is 3.20. The topological polar surface area (TPSA) is 84.4 Å². The lowest BCUT2D eigenvalue weighted by molar-refractivity contribution is 0.173. The molecule has 1 aromatic carbocycles. The van der Waals surface area contributed by atoms with E-state index in [1.807, 2.05) is 24.4 Å². The van der Waals surface area contributed by atoms with Gasteiger partial charge < -0.3 is 19.9 Å². The zero-order chi connectivity index (χ0) is 13.1. The van der Waals surface area contributed by atoms with Gasteiger partial charge in [-0.15, -0.1) is 5.10 Å². The fourth-order valence-corrected chi connectivity index (χ4v) is 1.77. The molecule has 0 aliphatic carbocycles. The van der Waals surface area contributed by atoms with Crippen molar-refractivity contribution in [3.8, 4) is 17.2 Å². The van der Waals surface area contributed by atoms with E-state index in [1.165, 1.54) is 0 Å². The van der Waals surface area contributed by atoms with Gasteiger partial charge in [0.2, 0.25) is 6.79 Å². The van der Waals surface area contributed by atoms with Crippen LogP contribution in [0.1, 0.15) is 5.69 Å². The fourth-order valence-electron chi connectivity index (χ4n) is 1.77. The van der Waals surface area contributed by atoms with Crippen LogP contribution in [0, 0.1) is 0 Å². The van der Waals surface area contributed by atoms with E-state index < -0.39 is 0 Å². The molecule has 2 aromatic rings. The largest absolute Gasteiger partial charge is 0.492 e. The summed E-state index contributed by atoms with van der Waals surface area (Å²) >= 11 is 0. The van der Waals surface area contributed by atoms with Gasteiger partial charge in [0.05, 0.1) is 12.2 Å². The minimum absolute atomic E-state index is 0.264. The number of ether oxygens (including phenoxy) is 3. The van der Waals surface area contributed by atoms with Crippen LogP contribution in [-0.2, 0) is 13.1 Å². The third-order valence-corrected chi connectivity index (χ3v) is 2.73. The Morgan fingerprint density at radius 1 is 1.32 bits per heavy atom. The van der Waals surface area contributed by atoms with E-state index in [0.717, 1.165) is 17.2 Å². The number of benzene rings is 1. The monoisotopic (exact) mass is 262 g/mol. The second-order valence-corrected chi connectivity index (χ2v) is 4.04. The number of fused-ring (bicyclic) bond motifs is 1. The van der Waals surface area contributed by atoms with Gasteiger partial charge in [-0.1, -0.05) is 5.21 Å². The van der Waals surface area contributed by atoms with Gasteiger partial charge >= 0.3 is 0 Å². The average Bonchev–Trinajstić information content (AvgIpc) is 3.06. The summed E-state index contributed by atoms with van der Waals surface area (Å²) in [7, 11) is 0. The molecule has 100 valence electrons. The maximum atomic E-state index is 5.62. The van der Waals surface area contributed by atoms with E-state index in [4.69, 9.17) is 19.9 Å². The molecule has 0 saturated carbocycles. The van der Waals surface area contributed by atoms with Crippen LogP contribution < -0.4 is 19.9 Å². The summed E-state index contributed by atoms with van der Waals surface area (Å²) in [5.74, 6) is 2.20. The number of hydrogen-bond donors (Lipinski definition) is 1. The Bertz CT molecular complexity index is 570. The third-order valence-electron chi connectivity index (χ3n) is 2.73. The second-order valence-electron chi connectivity index (χ2n) is 4.04. The smallest absolute Gasteiger partial charge is 0.231 e. The van der Waals surface area contributed by atoms with E-state index in [9.17, 15) is 0 Å². The van der Waals surface area contributed by atoms with Crippen molar-refractivity contribution in [3.63, 3.8) is 0 Å². The first-order valence-electron chi connectivity index (χ1n) is 5.96. The maximum absolute atomic E-state index is 5.62. The molecule has 7 nitrogen and oxygen atoms in total. The molecule has 19 heavy (non-hydrogen) atoms. The highest BCUT2D eigenvalue weighted by Gasteiger charge is 2.13. The van der Waals surface area contributed by atoms with E-state index in [2.05, 4.69) is 10.3 Å². The van der Waals surface area contributed by atoms with Crippen LogP contribution in [0.2, 0.25) is 0 Å². The molecular formula is C12H14N4O3. The maximum Gasteiger partial charge on any atom is 0.231 e. The van der Waals surface area contributed by atoms with Crippen molar-refractivity contribution in [2.75, 3.05) is 13.4 Å². The molecule has 2 heterocycles. The Hall–Kier alpha value is -2.28. The van der Waals surface area contributed by atoms with Crippen LogP contribution in [0.5, 0.6) is 17.2 Å². The predicted octanol–water partition coefficient (Wildman–Crippen LogP) is 0.544. The molecule has 0 spiro atoms. The van der Waals surface area contributed by atoms with E-state index >= 15 is 0 Å². The molecule has 0 saturated heterocycles. The van der Waals surface area contributed by atoms with Gasteiger partial charge in [-0.2, -0.15) is 0 Å². The summed E-state index contributed by atoms with van der Waals surface area (Å²) in [6, 6.07) is 5.49. The van der Waals surface area contributed by atoms with Crippen molar-refractivity contribution in [2.45, 2.75) is 13.1 Å². The quantitative estimate of drug-likeness (QED) is 0.846. The van der Waals surface area contributed by atoms with Crippen LogP contribution in [0.3, 0.4) is 0 Å². The Morgan fingerprint density at radius 2 is 2.21 bits per heavy atom. The minimum Gasteiger partial charge on any atom is -0.492 e. The van der Waals surface area contributed by atoms with E-state index in [1.54, 1.807) is 4.68 Å². The Labute approximate surface area is 109 Å². The summed E-state index contributed by atoms with van der Waals surface area (Å²) < 4.78 is 17.8. The van der Waals surface area contributed by atoms with Gasteiger partial charge in [0, 0.05) is 18.8 Å². The third kappa shape index (κ3) is 2.60. The van der Waals surface area contributed by atoms with Crippen LogP contribution in [-0.4, -0.2) is 28.4 Å². The van der Waals surface area contributed by atoms with E-state index in [-0.39, 0.29) is 6.79 Å². The van der Waals surface area contributed by atoms with Crippen molar-refractivity contribution >= 4 is 0 Å². The fraction of sp³-hybridized carbons (Fsp3) is 0.333. The van der Waals surface area contributed by atoms with Gasteiger partial charge in [0.15, 0.2) is 11.5 Å². The van der Waals surface area contributed by atoms with Gasteiger partial charge in [-0.25, -0.2) is 4.68 Å². The molecule has 0 atom stereocenters. The van der Waals surface area contributed by atoms with Crippen LogP contribution >= 0.6 is 0 Å². The second kappa shape index (κ2) is 5.15. The highest BCUT2D eigenvalue weighted by atomic mass is 16.7. The summed E-state index contributed by atoms with van der Waals surface area (Å²) in [6.45, 7) is 1.76. The SMILES string of the molecule is NCc1cn(CCOc2ccc3c(c2)OCO3)nn1. The highest BCUT2D eigenvalue weighted by Crippen LogP contribution is 2.34. The average molecular weight is 262 g/mol. The molecule has 1 aromatic heterocycles. The molecule has 1 aliphatic heterocycles. The lowest BCUT2D eigenvalue weighted by atomic mass is 10.3. The molecule has 7 heteroatoms. The molecule has 2 N–H and O–H groups in total. The summed E-state index contributed by atoms with van der Waals surface area (Å²) in [6.07, 6.45) is 1.81. The van der Waals surface area contributed by atoms with Crippen molar-refractivity contribution < 1.29 is 14.2 Å². The van der Waals surface area contributed by atoms with Crippen molar-refractivity contribution in [1.82, 2.24) is 15.0 Å². The van der Waals surface area contributed by atoms with Crippen LogP contribution in [0.15, 0.2) is 24.4 Å². The Morgan fingerprint density at radius 3 is 3.05 bits per heavy atom. The molecule has 1 aliphatic rings. The molecule has 0 amide bonds. The van der Waals surface area contributed by atoms with E-state index in [0.29, 0.717) is 25.4 Å². The normalized spacial score (nSPS) is 12.7. The predicted molar refractivity (Wildman–Crippen MR) is 66.0 cm³/mol. The molecule has 3 rings (SSSR count). The number of aromatic nitrogens is 3. The molecular weight excluding hydrogens is 248 g/mol. The summed E-state index contributed by atoms with van der Waals surface area (Å²) in [5, 5.41) is 7.84. The van der Waals surface area contributed by atoms with Crippen LogP contribution in [0.25, 0.3) is 0 Å². The Balaban J connectivity index is 1.54. The molecule has 0 radical (unpaired) electrons. The van der Waals surface area contributed by atoms with Gasteiger partial charge in [-0.05, 0) is 12.1 Å². The summed E-state index contributed by atoms with van der Waals surface area (Å²) in [4.78, 5) is 0. The lowest BCUT2D eigenvalue weighted by Crippen LogP contribution is -2.08. The van der Waals surface area contributed by atoms with Crippen LogP contribution in [0.4, 0.5) is 0 Å². The number of hydrogen-bond acceptors (Lipinski definition) is 6. The zero-order valence-electron chi connectivity index (χ0n) is 10.3. The first-order valence-corrected chi connectivity index (χ1v) is 5.96. The van der Waals surface area contributed by atoms with Crippen molar-refractivity contribution in [2.24, 2.45) is 5.73 Å². The lowest BCUT2D eigenvalue weighted by Gasteiger charge is -2.06. The van der Waals surface area contributed by atoms with Gasteiger partial charge in [-0.3, -0.25) is 0 Å². The van der Waals surface area contributed by atoms with Crippen molar-refractivity contribution in [1.29, 1.82) is 0 Å². The molecule has 0 fully saturated rings. The number of rotatable bonds is 5.